The minimum Gasteiger partial charge on any atom is -0.326 e. The quantitative estimate of drug-likeness (QED) is 0.815. The van der Waals surface area contributed by atoms with E-state index in [2.05, 4.69) is 5.32 Å². The molecule has 1 aliphatic heterocycles. The van der Waals surface area contributed by atoms with Crippen molar-refractivity contribution in [1.29, 1.82) is 0 Å². The Kier molecular flexibility index (Phi) is 4.02. The molecule has 0 aliphatic carbocycles. The zero-order valence-electron chi connectivity index (χ0n) is 10.9. The first kappa shape index (κ1) is 14.6. The van der Waals surface area contributed by atoms with Crippen molar-refractivity contribution in [2.45, 2.75) is 19.3 Å². The number of anilines is 1. The van der Waals surface area contributed by atoms with Gasteiger partial charge in [-0.3, -0.25) is 9.59 Å². The molecule has 0 saturated carbocycles. The highest BCUT2D eigenvalue weighted by Crippen LogP contribution is 2.33. The van der Waals surface area contributed by atoms with Gasteiger partial charge in [-0.05, 0) is 42.7 Å². The summed E-state index contributed by atoms with van der Waals surface area (Å²) in [4.78, 5) is 24.0. The normalized spacial score (nSPS) is 14.3. The number of carbonyl (C=O) groups is 2. The van der Waals surface area contributed by atoms with Gasteiger partial charge < -0.3 is 5.32 Å². The predicted octanol–water partition coefficient (Wildman–Crippen LogP) is 4.56. The van der Waals surface area contributed by atoms with Gasteiger partial charge in [-0.2, -0.15) is 0 Å². The van der Waals surface area contributed by atoms with Crippen LogP contribution in [0, 0.1) is 0 Å². The van der Waals surface area contributed by atoms with E-state index in [1.165, 1.54) is 11.3 Å². The number of rotatable bonds is 2. The molecule has 0 unspecified atom stereocenters. The van der Waals surface area contributed by atoms with Gasteiger partial charge in [0.25, 0.3) is 0 Å². The molecule has 1 aromatic carbocycles. The lowest BCUT2D eigenvalue weighted by Crippen LogP contribution is -2.09. The third-order valence-corrected chi connectivity index (χ3v) is 4.88. The molecule has 0 radical (unpaired) electrons. The van der Waals surface area contributed by atoms with Gasteiger partial charge in [0.15, 0.2) is 5.78 Å². The second-order valence-corrected chi connectivity index (χ2v) is 7.13. The average molecular weight is 340 g/mol. The van der Waals surface area contributed by atoms with Crippen LogP contribution in [0.5, 0.6) is 0 Å². The number of benzene rings is 1. The summed E-state index contributed by atoms with van der Waals surface area (Å²) in [6, 6.07) is 6.89. The van der Waals surface area contributed by atoms with Crippen LogP contribution < -0.4 is 5.32 Å². The van der Waals surface area contributed by atoms with Crippen LogP contribution in [0.4, 0.5) is 5.69 Å². The van der Waals surface area contributed by atoms with Gasteiger partial charge in [0.05, 0.1) is 9.90 Å². The van der Waals surface area contributed by atoms with Crippen molar-refractivity contribution >= 4 is 51.9 Å². The van der Waals surface area contributed by atoms with E-state index < -0.39 is 0 Å². The Balaban J connectivity index is 1.97. The molecular weight excluding hydrogens is 329 g/mol. The highest BCUT2D eigenvalue weighted by Gasteiger charge is 2.19. The minimum atomic E-state index is -0.151. The van der Waals surface area contributed by atoms with Crippen LogP contribution in [0.2, 0.25) is 8.67 Å². The molecule has 108 valence electrons. The fraction of sp³-hybridized carbons (Fsp3) is 0.200. The lowest BCUT2D eigenvalue weighted by Gasteiger charge is -2.08. The molecule has 0 spiro atoms. The molecule has 1 aliphatic rings. The Hall–Kier alpha value is -1.36. The number of hydrogen-bond acceptors (Lipinski definition) is 3. The van der Waals surface area contributed by atoms with Crippen molar-refractivity contribution in [3.8, 4) is 0 Å². The van der Waals surface area contributed by atoms with E-state index in [0.717, 1.165) is 24.1 Å². The fourth-order valence-electron chi connectivity index (χ4n) is 2.37. The van der Waals surface area contributed by atoms with Gasteiger partial charge in [0.2, 0.25) is 5.91 Å². The van der Waals surface area contributed by atoms with E-state index in [0.29, 0.717) is 26.2 Å². The number of halogens is 2. The Morgan fingerprint density at radius 2 is 2.00 bits per heavy atom. The van der Waals surface area contributed by atoms with Gasteiger partial charge in [-0.15, -0.1) is 11.3 Å². The second kappa shape index (κ2) is 5.79. The number of fused-ring (bicyclic) bond motifs is 1. The third-order valence-electron chi connectivity index (χ3n) is 3.39. The van der Waals surface area contributed by atoms with Crippen molar-refractivity contribution in [2.24, 2.45) is 0 Å². The number of carbonyl (C=O) groups excluding carboxylic acids is 2. The van der Waals surface area contributed by atoms with E-state index >= 15 is 0 Å². The molecule has 1 amide bonds. The van der Waals surface area contributed by atoms with E-state index in [9.17, 15) is 9.59 Å². The number of ketones is 1. The summed E-state index contributed by atoms with van der Waals surface area (Å²) in [6.45, 7) is 0. The van der Waals surface area contributed by atoms with Gasteiger partial charge in [0.1, 0.15) is 4.34 Å². The minimum absolute atomic E-state index is 0.0143. The van der Waals surface area contributed by atoms with Crippen molar-refractivity contribution < 1.29 is 9.59 Å². The summed E-state index contributed by atoms with van der Waals surface area (Å²) < 4.78 is 0.888. The van der Waals surface area contributed by atoms with Crippen molar-refractivity contribution in [3.05, 3.63) is 49.6 Å². The number of nitrogens with one attached hydrogen (secondary N) is 1. The summed E-state index contributed by atoms with van der Waals surface area (Å²) in [5, 5.41) is 2.85. The Morgan fingerprint density at radius 3 is 2.71 bits per heavy atom. The van der Waals surface area contributed by atoms with Gasteiger partial charge in [0, 0.05) is 17.7 Å². The maximum absolute atomic E-state index is 12.5. The first-order valence-electron chi connectivity index (χ1n) is 6.47. The van der Waals surface area contributed by atoms with E-state index in [4.69, 9.17) is 23.2 Å². The largest absolute Gasteiger partial charge is 0.326 e. The Bertz CT molecular complexity index is 739. The van der Waals surface area contributed by atoms with Crippen LogP contribution in [-0.4, -0.2) is 11.7 Å². The summed E-state index contributed by atoms with van der Waals surface area (Å²) in [5.41, 5.74) is 2.73. The average Bonchev–Trinajstić information content (AvgIpc) is 2.67. The summed E-state index contributed by atoms with van der Waals surface area (Å²) >= 11 is 13.1. The number of aryl methyl sites for hydroxylation is 1. The number of amides is 1. The second-order valence-electron chi connectivity index (χ2n) is 4.84. The summed E-state index contributed by atoms with van der Waals surface area (Å²) in [5.74, 6) is -0.137. The standard InChI is InChI=1S/C15H11Cl2NO2S/c16-12-7-10(15(17)21-12)14(20)9-4-5-11-8(6-9)2-1-3-13(19)18-11/h4-7H,1-3H2,(H,18,19). The molecule has 2 heterocycles. The van der Waals surface area contributed by atoms with Gasteiger partial charge in [-0.25, -0.2) is 0 Å². The van der Waals surface area contributed by atoms with Crippen LogP contribution in [0.25, 0.3) is 0 Å². The molecule has 0 bridgehead atoms. The van der Waals surface area contributed by atoms with E-state index in [1.807, 2.05) is 6.07 Å². The molecule has 6 heteroatoms. The Labute approximate surface area is 135 Å². The summed E-state index contributed by atoms with van der Waals surface area (Å²) in [7, 11) is 0. The molecule has 21 heavy (non-hydrogen) atoms. The first-order chi connectivity index (χ1) is 10.0. The van der Waals surface area contributed by atoms with Crippen LogP contribution in [0.15, 0.2) is 24.3 Å². The lowest BCUT2D eigenvalue weighted by atomic mass is 10.00. The molecule has 0 atom stereocenters. The van der Waals surface area contributed by atoms with Crippen molar-refractivity contribution in [1.82, 2.24) is 0 Å². The fourth-order valence-corrected chi connectivity index (χ4v) is 3.82. The maximum Gasteiger partial charge on any atom is 0.224 e. The molecule has 1 aromatic heterocycles. The summed E-state index contributed by atoms with van der Waals surface area (Å²) in [6.07, 6.45) is 2.05. The van der Waals surface area contributed by atoms with E-state index in [-0.39, 0.29) is 11.7 Å². The van der Waals surface area contributed by atoms with Crippen LogP contribution in [0.1, 0.15) is 34.3 Å². The Morgan fingerprint density at radius 1 is 1.19 bits per heavy atom. The van der Waals surface area contributed by atoms with Crippen LogP contribution in [-0.2, 0) is 11.2 Å². The highest BCUT2D eigenvalue weighted by molar-refractivity contribution is 7.20. The van der Waals surface area contributed by atoms with Crippen LogP contribution >= 0.6 is 34.5 Å². The van der Waals surface area contributed by atoms with Crippen molar-refractivity contribution in [3.63, 3.8) is 0 Å². The maximum atomic E-state index is 12.5. The van der Waals surface area contributed by atoms with Crippen LogP contribution in [0.3, 0.4) is 0 Å². The SMILES string of the molecule is O=C1CCCc2cc(C(=O)c3cc(Cl)sc3Cl)ccc2N1. The number of hydrogen-bond donors (Lipinski definition) is 1. The molecule has 1 N–H and O–H groups in total. The smallest absolute Gasteiger partial charge is 0.224 e. The molecule has 0 fully saturated rings. The topological polar surface area (TPSA) is 46.2 Å². The lowest BCUT2D eigenvalue weighted by molar-refractivity contribution is -0.116. The third kappa shape index (κ3) is 2.98. The monoisotopic (exact) mass is 339 g/mol. The molecular formula is C15H11Cl2NO2S. The number of thiophene rings is 1. The zero-order valence-corrected chi connectivity index (χ0v) is 13.2. The molecule has 3 nitrogen and oxygen atoms in total. The molecule has 3 rings (SSSR count). The first-order valence-corrected chi connectivity index (χ1v) is 8.04. The van der Waals surface area contributed by atoms with E-state index in [1.54, 1.807) is 18.2 Å². The predicted molar refractivity (Wildman–Crippen MR) is 85.8 cm³/mol. The zero-order chi connectivity index (χ0) is 15.0. The highest BCUT2D eigenvalue weighted by atomic mass is 35.5. The molecule has 2 aromatic rings. The van der Waals surface area contributed by atoms with Gasteiger partial charge >= 0.3 is 0 Å². The molecule has 0 saturated heterocycles. The van der Waals surface area contributed by atoms with Crippen molar-refractivity contribution in [2.75, 3.05) is 5.32 Å². The van der Waals surface area contributed by atoms with Gasteiger partial charge in [-0.1, -0.05) is 23.2 Å².